The van der Waals surface area contributed by atoms with Crippen molar-refractivity contribution in [3.05, 3.63) is 0 Å². The molecule has 1 rings (SSSR count). The Bertz CT molecular complexity index is 317. The first-order valence-electron chi connectivity index (χ1n) is 6.73. The number of hydrogen-bond donors (Lipinski definition) is 3. The van der Waals surface area contributed by atoms with Gasteiger partial charge in [0.2, 0.25) is 0 Å². The third-order valence-electron chi connectivity index (χ3n) is 3.70. The quantitative estimate of drug-likeness (QED) is 0.670. The second-order valence-electron chi connectivity index (χ2n) is 5.52. The number of urea groups is 1. The van der Waals surface area contributed by atoms with Crippen LogP contribution in [0.2, 0.25) is 0 Å². The van der Waals surface area contributed by atoms with Crippen LogP contribution >= 0.6 is 11.8 Å². The van der Waals surface area contributed by atoms with Crippen LogP contribution in [0, 0.1) is 5.41 Å². The van der Waals surface area contributed by atoms with Gasteiger partial charge in [0.1, 0.15) is 6.04 Å². The molecule has 0 aliphatic heterocycles. The first-order chi connectivity index (χ1) is 8.97. The molecule has 0 heterocycles. The normalized spacial score (nSPS) is 18.8. The van der Waals surface area contributed by atoms with Crippen molar-refractivity contribution in [2.24, 2.45) is 5.41 Å². The lowest BCUT2D eigenvalue weighted by atomic mass is 9.89. The van der Waals surface area contributed by atoms with E-state index in [0.29, 0.717) is 13.0 Å². The summed E-state index contributed by atoms with van der Waals surface area (Å²) in [5.74, 6) is -0.258. The fourth-order valence-corrected chi connectivity index (χ4v) is 2.87. The van der Waals surface area contributed by atoms with Crippen molar-refractivity contribution in [2.75, 3.05) is 18.6 Å². The van der Waals surface area contributed by atoms with Crippen molar-refractivity contribution in [2.45, 2.75) is 45.1 Å². The van der Waals surface area contributed by atoms with E-state index in [9.17, 15) is 9.59 Å². The van der Waals surface area contributed by atoms with Gasteiger partial charge in [-0.2, -0.15) is 11.8 Å². The average Bonchev–Trinajstić information content (AvgIpc) is 2.79. The summed E-state index contributed by atoms with van der Waals surface area (Å²) in [6.45, 7) is 2.79. The highest BCUT2D eigenvalue weighted by Gasteiger charge is 2.29. The fourth-order valence-electron chi connectivity index (χ4n) is 2.40. The van der Waals surface area contributed by atoms with Crippen LogP contribution in [0.15, 0.2) is 0 Å². The number of carbonyl (C=O) groups is 2. The summed E-state index contributed by atoms with van der Waals surface area (Å²) in [6, 6.07) is -1.18. The maximum absolute atomic E-state index is 11.7. The molecular formula is C13H24N2O3S. The molecule has 1 atom stereocenters. The number of aliphatic carboxylic acids is 1. The molecule has 0 aromatic carbocycles. The lowest BCUT2D eigenvalue weighted by Crippen LogP contribution is -2.48. The second kappa shape index (κ2) is 7.62. The minimum Gasteiger partial charge on any atom is -0.480 e. The van der Waals surface area contributed by atoms with Crippen molar-refractivity contribution in [3.63, 3.8) is 0 Å². The lowest BCUT2D eigenvalue weighted by Gasteiger charge is -2.24. The maximum atomic E-state index is 11.7. The topological polar surface area (TPSA) is 78.4 Å². The highest BCUT2D eigenvalue weighted by molar-refractivity contribution is 7.98. The summed E-state index contributed by atoms with van der Waals surface area (Å²) < 4.78 is 0. The third-order valence-corrected chi connectivity index (χ3v) is 4.34. The van der Waals surface area contributed by atoms with Gasteiger partial charge >= 0.3 is 12.0 Å². The predicted octanol–water partition coefficient (Wildman–Crippen LogP) is 2.07. The van der Waals surface area contributed by atoms with Gasteiger partial charge in [0.25, 0.3) is 0 Å². The molecule has 1 unspecified atom stereocenters. The predicted molar refractivity (Wildman–Crippen MR) is 77.5 cm³/mol. The van der Waals surface area contributed by atoms with Crippen LogP contribution in [0.3, 0.4) is 0 Å². The molecule has 0 spiro atoms. The summed E-state index contributed by atoms with van der Waals surface area (Å²) in [5, 5.41) is 14.4. The summed E-state index contributed by atoms with van der Waals surface area (Å²) in [4.78, 5) is 22.7. The van der Waals surface area contributed by atoms with E-state index in [4.69, 9.17) is 5.11 Å². The van der Waals surface area contributed by atoms with Gasteiger partial charge in [0, 0.05) is 6.54 Å². The van der Waals surface area contributed by atoms with E-state index in [-0.39, 0.29) is 11.4 Å². The van der Waals surface area contributed by atoms with Gasteiger partial charge in [-0.05, 0) is 36.7 Å². The minimum atomic E-state index is -0.976. The third kappa shape index (κ3) is 5.72. The standard InChI is InChI=1S/C13H24N2O3S/c1-13(6-3-4-7-13)9-14-12(18)15-10(11(16)17)5-8-19-2/h10H,3-9H2,1-2H3,(H,16,17)(H2,14,15,18). The Hall–Kier alpha value is -0.910. The number of amides is 2. The average molecular weight is 288 g/mol. The monoisotopic (exact) mass is 288 g/mol. The zero-order chi connectivity index (χ0) is 14.3. The van der Waals surface area contributed by atoms with E-state index in [2.05, 4.69) is 17.6 Å². The first-order valence-corrected chi connectivity index (χ1v) is 8.12. The fraction of sp³-hybridized carbons (Fsp3) is 0.846. The first kappa shape index (κ1) is 16.1. The molecule has 1 fully saturated rings. The molecule has 2 amide bonds. The van der Waals surface area contributed by atoms with Gasteiger partial charge in [-0.15, -0.1) is 0 Å². The summed E-state index contributed by atoms with van der Waals surface area (Å²) in [6.07, 6.45) is 7.04. The number of nitrogens with one attached hydrogen (secondary N) is 2. The van der Waals surface area contributed by atoms with Crippen LogP contribution in [0.5, 0.6) is 0 Å². The number of carboxylic acid groups (broad SMARTS) is 1. The number of rotatable bonds is 7. The van der Waals surface area contributed by atoms with Crippen LogP contribution in [0.25, 0.3) is 0 Å². The Morgan fingerprint density at radius 2 is 2.00 bits per heavy atom. The molecule has 0 radical (unpaired) electrons. The highest BCUT2D eigenvalue weighted by atomic mass is 32.2. The lowest BCUT2D eigenvalue weighted by molar-refractivity contribution is -0.139. The van der Waals surface area contributed by atoms with Crippen LogP contribution in [-0.2, 0) is 4.79 Å². The van der Waals surface area contributed by atoms with E-state index >= 15 is 0 Å². The molecular weight excluding hydrogens is 264 g/mol. The molecule has 6 heteroatoms. The molecule has 3 N–H and O–H groups in total. The Morgan fingerprint density at radius 1 is 1.37 bits per heavy atom. The smallest absolute Gasteiger partial charge is 0.326 e. The van der Waals surface area contributed by atoms with E-state index in [1.54, 1.807) is 11.8 Å². The Balaban J connectivity index is 2.33. The SMILES string of the molecule is CSCCC(NC(=O)NCC1(C)CCCC1)C(=O)O. The van der Waals surface area contributed by atoms with Crippen LogP contribution < -0.4 is 10.6 Å². The van der Waals surface area contributed by atoms with Gasteiger partial charge < -0.3 is 15.7 Å². The van der Waals surface area contributed by atoms with Crippen molar-refractivity contribution in [1.29, 1.82) is 0 Å². The molecule has 1 saturated carbocycles. The summed E-state index contributed by atoms with van der Waals surface area (Å²) in [5.41, 5.74) is 0.176. The van der Waals surface area contributed by atoms with E-state index < -0.39 is 12.0 Å². The van der Waals surface area contributed by atoms with Crippen molar-refractivity contribution < 1.29 is 14.7 Å². The highest BCUT2D eigenvalue weighted by Crippen LogP contribution is 2.36. The second-order valence-corrected chi connectivity index (χ2v) is 6.50. The van der Waals surface area contributed by atoms with Gasteiger partial charge in [0.15, 0.2) is 0 Å². The largest absolute Gasteiger partial charge is 0.480 e. The molecule has 110 valence electrons. The zero-order valence-electron chi connectivity index (χ0n) is 11.7. The van der Waals surface area contributed by atoms with Gasteiger partial charge in [0.05, 0.1) is 0 Å². The molecule has 0 aromatic rings. The molecule has 1 aliphatic rings. The maximum Gasteiger partial charge on any atom is 0.326 e. The number of carbonyl (C=O) groups excluding carboxylic acids is 1. The molecule has 0 bridgehead atoms. The van der Waals surface area contributed by atoms with E-state index in [1.807, 2.05) is 6.26 Å². The summed E-state index contributed by atoms with van der Waals surface area (Å²) >= 11 is 1.57. The van der Waals surface area contributed by atoms with Crippen molar-refractivity contribution >= 4 is 23.8 Å². The number of carboxylic acids is 1. The number of hydrogen-bond acceptors (Lipinski definition) is 3. The Morgan fingerprint density at radius 3 is 2.53 bits per heavy atom. The van der Waals surface area contributed by atoms with Crippen molar-refractivity contribution in [3.8, 4) is 0 Å². The van der Waals surface area contributed by atoms with Crippen molar-refractivity contribution in [1.82, 2.24) is 10.6 Å². The molecule has 1 aliphatic carbocycles. The molecule has 19 heavy (non-hydrogen) atoms. The minimum absolute atomic E-state index is 0.176. The molecule has 5 nitrogen and oxygen atoms in total. The molecule has 0 saturated heterocycles. The molecule has 0 aromatic heterocycles. The Kier molecular flexibility index (Phi) is 6.48. The summed E-state index contributed by atoms with van der Waals surface area (Å²) in [7, 11) is 0. The van der Waals surface area contributed by atoms with Gasteiger partial charge in [-0.1, -0.05) is 19.8 Å². The zero-order valence-corrected chi connectivity index (χ0v) is 12.5. The van der Waals surface area contributed by atoms with E-state index in [0.717, 1.165) is 18.6 Å². The van der Waals surface area contributed by atoms with Crippen LogP contribution in [0.4, 0.5) is 4.79 Å². The van der Waals surface area contributed by atoms with Gasteiger partial charge in [-0.25, -0.2) is 9.59 Å². The van der Waals surface area contributed by atoms with Gasteiger partial charge in [-0.3, -0.25) is 0 Å². The Labute approximate surface area is 118 Å². The van der Waals surface area contributed by atoms with Crippen LogP contribution in [0.1, 0.15) is 39.0 Å². The number of thioether (sulfide) groups is 1. The van der Waals surface area contributed by atoms with E-state index in [1.165, 1.54) is 12.8 Å². The van der Waals surface area contributed by atoms with Crippen LogP contribution in [-0.4, -0.2) is 41.7 Å².